The number of fused-ring (bicyclic) bond motifs is 1. The maximum Gasteiger partial charge on any atom is 0.335 e. The lowest BCUT2D eigenvalue weighted by atomic mass is 10.1. The minimum atomic E-state index is -0.949. The number of anilines is 1. The van der Waals surface area contributed by atoms with Crippen LogP contribution >= 0.6 is 11.8 Å². The van der Waals surface area contributed by atoms with Crippen LogP contribution in [0.3, 0.4) is 0 Å². The van der Waals surface area contributed by atoms with E-state index >= 15 is 0 Å². The topological polar surface area (TPSA) is 125 Å². The number of carboxylic acids is 1. The molecule has 0 amide bonds. The fourth-order valence-electron chi connectivity index (χ4n) is 3.23. The number of ether oxygens (including phenoxy) is 2. The molecule has 0 aliphatic carbocycles. The Hall–Kier alpha value is -3.79. The van der Waals surface area contributed by atoms with Gasteiger partial charge in [0.05, 0.1) is 24.7 Å². The fourth-order valence-corrected chi connectivity index (χ4v) is 4.28. The molecule has 0 aliphatic heterocycles. The molecule has 0 atom stereocenters. The van der Waals surface area contributed by atoms with Crippen molar-refractivity contribution in [1.82, 2.24) is 19.5 Å². The lowest BCUT2D eigenvalue weighted by Crippen LogP contribution is -2.05. The first kappa shape index (κ1) is 21.4. The van der Waals surface area contributed by atoms with Gasteiger partial charge in [0, 0.05) is 6.54 Å². The molecule has 0 spiro atoms. The Morgan fingerprint density at radius 1 is 1.12 bits per heavy atom. The van der Waals surface area contributed by atoms with Crippen molar-refractivity contribution in [2.45, 2.75) is 23.0 Å². The molecular weight excluding hydrogens is 430 g/mol. The zero-order valence-electron chi connectivity index (χ0n) is 17.5. The number of hydrogen-bond acceptors (Lipinski definition) is 8. The van der Waals surface area contributed by atoms with Crippen LogP contribution in [0.2, 0.25) is 0 Å². The smallest absolute Gasteiger partial charge is 0.335 e. The first-order valence-corrected chi connectivity index (χ1v) is 10.5. The van der Waals surface area contributed by atoms with Gasteiger partial charge in [0.1, 0.15) is 17.8 Å². The van der Waals surface area contributed by atoms with E-state index in [4.69, 9.17) is 20.3 Å². The van der Waals surface area contributed by atoms with E-state index in [2.05, 4.69) is 15.0 Å². The summed E-state index contributed by atoms with van der Waals surface area (Å²) in [6, 6.07) is 12.4. The van der Waals surface area contributed by atoms with Crippen molar-refractivity contribution in [3.8, 4) is 11.5 Å². The number of aromatic nitrogens is 4. The summed E-state index contributed by atoms with van der Waals surface area (Å²) in [5.74, 6) is 0.751. The molecule has 32 heavy (non-hydrogen) atoms. The molecule has 2 aromatic carbocycles. The average Bonchev–Trinajstić information content (AvgIpc) is 3.16. The van der Waals surface area contributed by atoms with Gasteiger partial charge in [0.15, 0.2) is 22.1 Å². The predicted molar refractivity (Wildman–Crippen MR) is 121 cm³/mol. The summed E-state index contributed by atoms with van der Waals surface area (Å²) in [5.41, 5.74) is 8.45. The lowest BCUT2D eigenvalue weighted by Gasteiger charge is -2.12. The third-order valence-electron chi connectivity index (χ3n) is 4.92. The van der Waals surface area contributed by atoms with Crippen LogP contribution in [0, 0.1) is 0 Å². The minimum Gasteiger partial charge on any atom is -0.497 e. The van der Waals surface area contributed by atoms with Crippen molar-refractivity contribution in [2.75, 3.05) is 20.0 Å². The van der Waals surface area contributed by atoms with Crippen molar-refractivity contribution < 1.29 is 19.4 Å². The highest BCUT2D eigenvalue weighted by molar-refractivity contribution is 7.99. The molecule has 0 saturated carbocycles. The van der Waals surface area contributed by atoms with Crippen LogP contribution in [0.4, 0.5) is 5.82 Å². The van der Waals surface area contributed by atoms with E-state index < -0.39 is 5.97 Å². The van der Waals surface area contributed by atoms with Crippen LogP contribution in [0.1, 0.15) is 15.9 Å². The molecule has 0 radical (unpaired) electrons. The molecule has 0 saturated heterocycles. The number of benzene rings is 2. The van der Waals surface area contributed by atoms with E-state index in [1.165, 1.54) is 18.1 Å². The summed E-state index contributed by atoms with van der Waals surface area (Å²) < 4.78 is 12.8. The standard InChI is InChI=1S/C22H21N5O4S/c1-30-15-7-8-16(31-2)17(11-15)32-22-26-18-19(23)24-12-25-20(18)27(22)10-9-13-3-5-14(6-4-13)21(28)29/h3-8,11-12H,9-10H2,1-2H3,(H,28,29)(H2,23,24,25). The van der Waals surface area contributed by atoms with E-state index in [-0.39, 0.29) is 5.56 Å². The Morgan fingerprint density at radius 3 is 2.59 bits per heavy atom. The van der Waals surface area contributed by atoms with E-state index in [9.17, 15) is 4.79 Å². The van der Waals surface area contributed by atoms with Gasteiger partial charge < -0.3 is 24.9 Å². The molecule has 0 bridgehead atoms. The number of imidazole rings is 1. The molecule has 164 valence electrons. The van der Waals surface area contributed by atoms with E-state index in [1.807, 2.05) is 34.9 Å². The largest absolute Gasteiger partial charge is 0.497 e. The Bertz CT molecular complexity index is 1270. The molecule has 0 unspecified atom stereocenters. The van der Waals surface area contributed by atoms with Gasteiger partial charge in [0.2, 0.25) is 0 Å². The summed E-state index contributed by atoms with van der Waals surface area (Å²) in [6.07, 6.45) is 2.07. The maximum absolute atomic E-state index is 11.1. The molecule has 2 heterocycles. The lowest BCUT2D eigenvalue weighted by molar-refractivity contribution is 0.0697. The quantitative estimate of drug-likeness (QED) is 0.414. The van der Waals surface area contributed by atoms with Gasteiger partial charge in [0.25, 0.3) is 0 Å². The molecule has 10 heteroatoms. The normalized spacial score (nSPS) is 10.9. The highest BCUT2D eigenvalue weighted by Gasteiger charge is 2.18. The summed E-state index contributed by atoms with van der Waals surface area (Å²) in [6.45, 7) is 0.563. The number of carbonyl (C=O) groups is 1. The second-order valence-corrected chi connectivity index (χ2v) is 7.86. The molecule has 4 aromatic rings. The van der Waals surface area contributed by atoms with E-state index in [1.54, 1.807) is 26.4 Å². The van der Waals surface area contributed by atoms with Crippen LogP contribution in [0.5, 0.6) is 11.5 Å². The number of aryl methyl sites for hydroxylation is 2. The Labute approximate surface area is 188 Å². The molecule has 4 rings (SSSR count). The van der Waals surface area contributed by atoms with Gasteiger partial charge in [-0.3, -0.25) is 0 Å². The maximum atomic E-state index is 11.1. The number of carboxylic acid groups (broad SMARTS) is 1. The van der Waals surface area contributed by atoms with Crippen molar-refractivity contribution in [3.63, 3.8) is 0 Å². The van der Waals surface area contributed by atoms with Gasteiger partial charge in [-0.1, -0.05) is 12.1 Å². The van der Waals surface area contributed by atoms with Crippen molar-refractivity contribution in [2.24, 2.45) is 0 Å². The minimum absolute atomic E-state index is 0.253. The zero-order valence-corrected chi connectivity index (χ0v) is 18.3. The Morgan fingerprint density at radius 2 is 1.91 bits per heavy atom. The van der Waals surface area contributed by atoms with Crippen molar-refractivity contribution in [1.29, 1.82) is 0 Å². The van der Waals surface area contributed by atoms with Crippen molar-refractivity contribution >= 4 is 34.7 Å². The predicted octanol–water partition coefficient (Wildman–Crippen LogP) is 3.52. The van der Waals surface area contributed by atoms with Gasteiger partial charge in [-0.15, -0.1) is 0 Å². The highest BCUT2D eigenvalue weighted by atomic mass is 32.2. The molecule has 3 N–H and O–H groups in total. The third kappa shape index (κ3) is 4.30. The number of methoxy groups -OCH3 is 2. The van der Waals surface area contributed by atoms with Gasteiger partial charge in [-0.2, -0.15) is 0 Å². The Kier molecular flexibility index (Phi) is 6.13. The second-order valence-electron chi connectivity index (χ2n) is 6.85. The molecule has 0 fully saturated rings. The van der Waals surface area contributed by atoms with Crippen LogP contribution in [-0.2, 0) is 13.0 Å². The van der Waals surface area contributed by atoms with Gasteiger partial charge in [-0.05, 0) is 54.1 Å². The summed E-state index contributed by atoms with van der Waals surface area (Å²) in [5, 5.41) is 9.78. The van der Waals surface area contributed by atoms with Gasteiger partial charge in [-0.25, -0.2) is 19.7 Å². The number of rotatable bonds is 8. The van der Waals surface area contributed by atoms with Crippen LogP contribution in [0.25, 0.3) is 11.2 Å². The first-order chi connectivity index (χ1) is 15.5. The monoisotopic (exact) mass is 451 g/mol. The number of aromatic carboxylic acids is 1. The number of hydrogen-bond donors (Lipinski definition) is 2. The average molecular weight is 452 g/mol. The number of nitrogens with zero attached hydrogens (tertiary/aromatic N) is 4. The molecule has 0 aliphatic rings. The third-order valence-corrected chi connectivity index (χ3v) is 5.96. The van der Waals surface area contributed by atoms with E-state index in [0.717, 1.165) is 10.5 Å². The van der Waals surface area contributed by atoms with E-state index in [0.29, 0.717) is 46.6 Å². The molecule has 9 nitrogen and oxygen atoms in total. The molecular formula is C22H21N5O4S. The summed E-state index contributed by atoms with van der Waals surface area (Å²) in [7, 11) is 3.22. The Balaban J connectivity index is 1.69. The van der Waals surface area contributed by atoms with Crippen molar-refractivity contribution in [3.05, 3.63) is 59.9 Å². The van der Waals surface area contributed by atoms with Crippen LogP contribution in [-0.4, -0.2) is 44.8 Å². The summed E-state index contributed by atoms with van der Waals surface area (Å²) in [4.78, 5) is 25.1. The fraction of sp³-hybridized carbons (Fsp3) is 0.182. The van der Waals surface area contributed by atoms with Crippen LogP contribution in [0.15, 0.2) is 58.8 Å². The summed E-state index contributed by atoms with van der Waals surface area (Å²) >= 11 is 1.42. The SMILES string of the molecule is COc1ccc(OC)c(Sc2nc3c(N)ncnc3n2CCc2ccc(C(=O)O)cc2)c1. The van der Waals surface area contributed by atoms with Gasteiger partial charge >= 0.3 is 5.97 Å². The number of nitrogens with two attached hydrogens (primary N) is 1. The van der Waals surface area contributed by atoms with Crippen LogP contribution < -0.4 is 15.2 Å². The second kappa shape index (κ2) is 9.15. The zero-order chi connectivity index (χ0) is 22.7. The number of nitrogen functional groups attached to an aromatic ring is 1. The highest BCUT2D eigenvalue weighted by Crippen LogP contribution is 2.38. The first-order valence-electron chi connectivity index (χ1n) is 9.69. The molecule has 2 aromatic heterocycles.